The number of aliphatic carboxylic acids is 1. The number of carboxylic acids is 1. The van der Waals surface area contributed by atoms with Crippen molar-refractivity contribution in [2.45, 2.75) is 45.6 Å². The van der Waals surface area contributed by atoms with E-state index in [9.17, 15) is 4.79 Å². The number of hydrogen-bond donors (Lipinski definition) is 2. The molecule has 1 aliphatic carbocycles. The van der Waals surface area contributed by atoms with Crippen LogP contribution in [0.3, 0.4) is 0 Å². The van der Waals surface area contributed by atoms with Gasteiger partial charge < -0.3 is 10.4 Å². The van der Waals surface area contributed by atoms with E-state index in [-0.39, 0.29) is 6.42 Å². The molecule has 0 heterocycles. The Bertz CT molecular complexity index is 184. The first kappa shape index (κ1) is 11.5. The second-order valence-corrected chi connectivity index (χ2v) is 4.51. The van der Waals surface area contributed by atoms with Crippen LogP contribution in [0.25, 0.3) is 0 Å². The van der Waals surface area contributed by atoms with Gasteiger partial charge in [0.25, 0.3) is 0 Å². The molecule has 1 saturated carbocycles. The molecule has 2 N–H and O–H groups in total. The van der Waals surface area contributed by atoms with Crippen LogP contribution in [0.5, 0.6) is 0 Å². The Morgan fingerprint density at radius 3 is 2.43 bits per heavy atom. The van der Waals surface area contributed by atoms with E-state index in [0.717, 1.165) is 0 Å². The third-order valence-corrected chi connectivity index (χ3v) is 3.26. The molecular formula is C11H21NO2. The normalized spacial score (nSPS) is 32.9. The van der Waals surface area contributed by atoms with Crippen molar-refractivity contribution in [1.82, 2.24) is 5.32 Å². The quantitative estimate of drug-likeness (QED) is 0.726. The van der Waals surface area contributed by atoms with Crippen molar-refractivity contribution >= 4 is 5.97 Å². The number of carbonyl (C=O) groups is 1. The van der Waals surface area contributed by atoms with Crippen LogP contribution in [0, 0.1) is 11.8 Å². The van der Waals surface area contributed by atoms with Crippen LogP contribution in [0.2, 0.25) is 0 Å². The Morgan fingerprint density at radius 1 is 1.36 bits per heavy atom. The van der Waals surface area contributed by atoms with Gasteiger partial charge in [0.05, 0.1) is 6.42 Å². The first-order valence-corrected chi connectivity index (χ1v) is 5.56. The summed E-state index contributed by atoms with van der Waals surface area (Å²) in [6.45, 7) is 5.12. The maximum Gasteiger partial charge on any atom is 0.304 e. The number of rotatable bonds is 4. The third-order valence-electron chi connectivity index (χ3n) is 3.26. The van der Waals surface area contributed by atoms with E-state index in [4.69, 9.17) is 5.11 Å². The molecule has 2 atom stereocenters. The fourth-order valence-electron chi connectivity index (χ4n) is 2.43. The lowest BCUT2D eigenvalue weighted by atomic mass is 9.79. The fourth-order valence-corrected chi connectivity index (χ4v) is 2.43. The van der Waals surface area contributed by atoms with Gasteiger partial charge in [-0.1, -0.05) is 20.3 Å². The molecule has 0 aromatic heterocycles. The van der Waals surface area contributed by atoms with E-state index < -0.39 is 5.97 Å². The van der Waals surface area contributed by atoms with Crippen molar-refractivity contribution in [1.29, 1.82) is 0 Å². The zero-order valence-corrected chi connectivity index (χ0v) is 9.12. The second kappa shape index (κ2) is 5.35. The average molecular weight is 199 g/mol. The maximum atomic E-state index is 10.4. The van der Waals surface area contributed by atoms with Crippen molar-refractivity contribution < 1.29 is 9.90 Å². The van der Waals surface area contributed by atoms with E-state index >= 15 is 0 Å². The Morgan fingerprint density at radius 2 is 1.93 bits per heavy atom. The summed E-state index contributed by atoms with van der Waals surface area (Å²) in [4.78, 5) is 10.4. The molecule has 1 aliphatic rings. The van der Waals surface area contributed by atoms with Crippen LogP contribution >= 0.6 is 0 Å². The molecule has 0 bridgehead atoms. The van der Waals surface area contributed by atoms with Crippen LogP contribution in [-0.2, 0) is 4.79 Å². The summed E-state index contributed by atoms with van der Waals surface area (Å²) in [6, 6.07) is 0.517. The SMILES string of the molecule is CC1CCCC(C)C1NCCC(=O)O. The summed E-state index contributed by atoms with van der Waals surface area (Å²) in [6.07, 6.45) is 4.10. The van der Waals surface area contributed by atoms with Crippen LogP contribution in [0.1, 0.15) is 39.5 Å². The lowest BCUT2D eigenvalue weighted by Gasteiger charge is -2.35. The first-order chi connectivity index (χ1) is 6.61. The number of hydrogen-bond acceptors (Lipinski definition) is 2. The van der Waals surface area contributed by atoms with Gasteiger partial charge in [-0.2, -0.15) is 0 Å². The summed E-state index contributed by atoms with van der Waals surface area (Å²) >= 11 is 0. The van der Waals surface area contributed by atoms with Crippen LogP contribution in [-0.4, -0.2) is 23.7 Å². The summed E-state index contributed by atoms with van der Waals surface area (Å²) in [5.41, 5.74) is 0. The molecule has 0 aromatic carbocycles. The van der Waals surface area contributed by atoms with Gasteiger partial charge in [-0.15, -0.1) is 0 Å². The van der Waals surface area contributed by atoms with Gasteiger partial charge >= 0.3 is 5.97 Å². The molecule has 3 heteroatoms. The molecule has 0 aromatic rings. The predicted molar refractivity (Wildman–Crippen MR) is 56.2 cm³/mol. The summed E-state index contributed by atoms with van der Waals surface area (Å²) < 4.78 is 0. The maximum absolute atomic E-state index is 10.4. The van der Waals surface area contributed by atoms with Crippen molar-refractivity contribution in [2.24, 2.45) is 11.8 Å². The van der Waals surface area contributed by atoms with E-state index in [0.29, 0.717) is 24.4 Å². The van der Waals surface area contributed by atoms with E-state index in [1.165, 1.54) is 19.3 Å². The Hall–Kier alpha value is -0.570. The van der Waals surface area contributed by atoms with Crippen LogP contribution < -0.4 is 5.32 Å². The Labute approximate surface area is 85.9 Å². The lowest BCUT2D eigenvalue weighted by Crippen LogP contribution is -2.43. The molecule has 82 valence electrons. The molecule has 0 spiro atoms. The molecule has 0 saturated heterocycles. The molecule has 0 aliphatic heterocycles. The van der Waals surface area contributed by atoms with Crippen molar-refractivity contribution in [3.05, 3.63) is 0 Å². The van der Waals surface area contributed by atoms with Gasteiger partial charge in [0, 0.05) is 12.6 Å². The standard InChI is InChI=1S/C11H21NO2/c1-8-4-3-5-9(2)11(8)12-7-6-10(13)14/h8-9,11-12H,3-7H2,1-2H3,(H,13,14). The third kappa shape index (κ3) is 3.29. The minimum Gasteiger partial charge on any atom is -0.481 e. The van der Waals surface area contributed by atoms with Gasteiger partial charge in [0.15, 0.2) is 0 Å². The van der Waals surface area contributed by atoms with Gasteiger partial charge in [-0.25, -0.2) is 0 Å². The van der Waals surface area contributed by atoms with Gasteiger partial charge in [-0.3, -0.25) is 4.79 Å². The highest BCUT2D eigenvalue weighted by Gasteiger charge is 2.26. The van der Waals surface area contributed by atoms with E-state index in [2.05, 4.69) is 19.2 Å². The van der Waals surface area contributed by atoms with Gasteiger partial charge in [0.1, 0.15) is 0 Å². The van der Waals surface area contributed by atoms with Gasteiger partial charge in [0.2, 0.25) is 0 Å². The molecule has 1 fully saturated rings. The summed E-state index contributed by atoms with van der Waals surface area (Å²) in [5, 5.41) is 11.9. The highest BCUT2D eigenvalue weighted by atomic mass is 16.4. The minimum atomic E-state index is -0.714. The smallest absolute Gasteiger partial charge is 0.304 e. The highest BCUT2D eigenvalue weighted by Crippen LogP contribution is 2.28. The predicted octanol–water partition coefficient (Wildman–Crippen LogP) is 1.88. The van der Waals surface area contributed by atoms with Crippen molar-refractivity contribution in [2.75, 3.05) is 6.54 Å². The van der Waals surface area contributed by atoms with Crippen LogP contribution in [0.15, 0.2) is 0 Å². The molecule has 2 unspecified atom stereocenters. The highest BCUT2D eigenvalue weighted by molar-refractivity contribution is 5.66. The lowest BCUT2D eigenvalue weighted by molar-refractivity contribution is -0.136. The average Bonchev–Trinajstić information content (AvgIpc) is 2.09. The zero-order valence-electron chi connectivity index (χ0n) is 9.12. The molecule has 0 amide bonds. The molecule has 0 radical (unpaired) electrons. The molecule has 14 heavy (non-hydrogen) atoms. The summed E-state index contributed by atoms with van der Waals surface area (Å²) in [7, 11) is 0. The Kier molecular flexibility index (Phi) is 4.39. The Balaban J connectivity index is 2.29. The largest absolute Gasteiger partial charge is 0.481 e. The minimum absolute atomic E-state index is 0.232. The van der Waals surface area contributed by atoms with Crippen LogP contribution in [0.4, 0.5) is 0 Å². The second-order valence-electron chi connectivity index (χ2n) is 4.51. The topological polar surface area (TPSA) is 49.3 Å². The molecule has 3 nitrogen and oxygen atoms in total. The van der Waals surface area contributed by atoms with Gasteiger partial charge in [-0.05, 0) is 24.7 Å². The first-order valence-electron chi connectivity index (χ1n) is 5.56. The zero-order chi connectivity index (χ0) is 10.6. The number of nitrogens with one attached hydrogen (secondary N) is 1. The fraction of sp³-hybridized carbons (Fsp3) is 0.909. The van der Waals surface area contributed by atoms with E-state index in [1.54, 1.807) is 0 Å². The monoisotopic (exact) mass is 199 g/mol. The molecular weight excluding hydrogens is 178 g/mol. The molecule has 1 rings (SSSR count). The number of carboxylic acid groups (broad SMARTS) is 1. The van der Waals surface area contributed by atoms with E-state index in [1.807, 2.05) is 0 Å². The summed E-state index contributed by atoms with van der Waals surface area (Å²) in [5.74, 6) is 0.661. The van der Waals surface area contributed by atoms with Crippen molar-refractivity contribution in [3.63, 3.8) is 0 Å². The van der Waals surface area contributed by atoms with Crippen molar-refractivity contribution in [3.8, 4) is 0 Å².